The number of aromatic nitrogens is 2. The first-order valence-electron chi connectivity index (χ1n) is 12.5. The summed E-state index contributed by atoms with van der Waals surface area (Å²) in [6.45, 7) is 1.86. The normalized spacial score (nSPS) is 19.8. The zero-order valence-corrected chi connectivity index (χ0v) is 20.4. The molecule has 5 rings (SSSR count). The van der Waals surface area contributed by atoms with Gasteiger partial charge in [-0.25, -0.2) is 0 Å². The second-order valence-electron chi connectivity index (χ2n) is 9.99. The molecule has 3 N–H and O–H groups in total. The number of rotatable bonds is 8. The van der Waals surface area contributed by atoms with Gasteiger partial charge in [-0.2, -0.15) is 5.10 Å². The number of benzene rings is 2. The smallest absolute Gasteiger partial charge is 0.217 e. The van der Waals surface area contributed by atoms with Gasteiger partial charge in [0.05, 0.1) is 17.8 Å². The van der Waals surface area contributed by atoms with Gasteiger partial charge in [-0.1, -0.05) is 30.3 Å². The number of hydrogen-bond donors (Lipinski definition) is 3. The van der Waals surface area contributed by atoms with E-state index in [2.05, 4.69) is 33.9 Å². The molecule has 1 aliphatic heterocycles. The molecule has 7 heteroatoms. The number of aliphatic hydroxyl groups excluding tert-OH is 1. The molecule has 184 valence electrons. The van der Waals surface area contributed by atoms with Gasteiger partial charge in [0.1, 0.15) is 11.4 Å². The summed E-state index contributed by atoms with van der Waals surface area (Å²) in [5.74, 6) is 0.764. The highest BCUT2D eigenvalue weighted by molar-refractivity contribution is 5.73. The first kappa shape index (κ1) is 23.6. The van der Waals surface area contributed by atoms with E-state index < -0.39 is 6.10 Å². The van der Waals surface area contributed by atoms with Gasteiger partial charge in [0.15, 0.2) is 0 Å². The quantitative estimate of drug-likeness (QED) is 0.465. The van der Waals surface area contributed by atoms with E-state index in [0.29, 0.717) is 13.0 Å². The molecule has 2 aliphatic rings. The number of fused-ring (bicyclic) bond motifs is 1. The Morgan fingerprint density at radius 2 is 2.03 bits per heavy atom. The molecule has 1 amide bonds. The molecule has 1 fully saturated rings. The maximum Gasteiger partial charge on any atom is 0.217 e. The van der Waals surface area contributed by atoms with Crippen LogP contribution in [0.3, 0.4) is 0 Å². The highest BCUT2D eigenvalue weighted by Crippen LogP contribution is 2.49. The van der Waals surface area contributed by atoms with Crippen LogP contribution in [-0.4, -0.2) is 45.1 Å². The summed E-state index contributed by atoms with van der Waals surface area (Å²) < 4.78 is 8.28. The monoisotopic (exact) mass is 474 g/mol. The third-order valence-electron chi connectivity index (χ3n) is 7.29. The van der Waals surface area contributed by atoms with E-state index in [-0.39, 0.29) is 23.6 Å². The SMILES string of the molecule is CC(=O)N[C@@H](Cc1ccccc1)[C@H](O)CN[C@H]1CC2(CCC2)Oc2ccc(-c3ccn(C)n3)cc21. The van der Waals surface area contributed by atoms with Gasteiger partial charge in [-0.05, 0) is 55.5 Å². The lowest BCUT2D eigenvalue weighted by atomic mass is 9.72. The molecular weight excluding hydrogens is 440 g/mol. The number of hydrogen-bond acceptors (Lipinski definition) is 5. The first-order valence-corrected chi connectivity index (χ1v) is 12.5. The molecule has 35 heavy (non-hydrogen) atoms. The summed E-state index contributed by atoms with van der Waals surface area (Å²) in [6.07, 6.45) is 5.92. The Bertz CT molecular complexity index is 1170. The van der Waals surface area contributed by atoms with Crippen molar-refractivity contribution in [1.29, 1.82) is 0 Å². The summed E-state index contributed by atoms with van der Waals surface area (Å²) in [5.41, 5.74) is 4.02. The fourth-order valence-corrected chi connectivity index (χ4v) is 5.28. The summed E-state index contributed by atoms with van der Waals surface area (Å²) in [7, 11) is 1.91. The Kier molecular flexibility index (Phi) is 6.62. The van der Waals surface area contributed by atoms with Crippen LogP contribution in [0, 0.1) is 0 Å². The molecule has 3 atom stereocenters. The van der Waals surface area contributed by atoms with Crippen molar-refractivity contribution in [3.8, 4) is 17.0 Å². The Hall–Kier alpha value is -3.16. The third kappa shape index (κ3) is 5.26. The van der Waals surface area contributed by atoms with Crippen molar-refractivity contribution < 1.29 is 14.6 Å². The third-order valence-corrected chi connectivity index (χ3v) is 7.29. The Morgan fingerprint density at radius 3 is 2.69 bits per heavy atom. The lowest BCUT2D eigenvalue weighted by Gasteiger charge is -2.48. The maximum absolute atomic E-state index is 11.9. The minimum atomic E-state index is -0.735. The van der Waals surface area contributed by atoms with Crippen molar-refractivity contribution in [2.24, 2.45) is 7.05 Å². The standard InChI is InChI=1S/C28H34N4O3/c1-19(33)30-24(15-20-7-4-3-5-8-20)26(34)18-29-25-17-28(12-6-13-28)35-27-10-9-21(16-22(25)27)23-11-14-32(2)31-23/h3-5,7-11,14,16,24-26,29,34H,6,12-13,15,17-18H2,1-2H3,(H,30,33)/t24-,25-,26+/m0/s1. The molecule has 2 heterocycles. The molecule has 3 aromatic rings. The van der Waals surface area contributed by atoms with Crippen molar-refractivity contribution in [3.05, 3.63) is 71.9 Å². The zero-order chi connectivity index (χ0) is 24.4. The number of ether oxygens (including phenoxy) is 1. The lowest BCUT2D eigenvalue weighted by Crippen LogP contribution is -2.52. The molecule has 0 unspecified atom stereocenters. The average molecular weight is 475 g/mol. The minimum Gasteiger partial charge on any atom is -0.487 e. The first-order chi connectivity index (χ1) is 16.9. The second kappa shape index (κ2) is 9.84. The van der Waals surface area contributed by atoms with Gasteiger partial charge in [0, 0.05) is 50.3 Å². The van der Waals surface area contributed by atoms with Gasteiger partial charge < -0.3 is 20.5 Å². The topological polar surface area (TPSA) is 88.4 Å². The van der Waals surface area contributed by atoms with E-state index in [1.165, 1.54) is 13.3 Å². The van der Waals surface area contributed by atoms with Crippen LogP contribution in [0.4, 0.5) is 0 Å². The highest BCUT2D eigenvalue weighted by atomic mass is 16.5. The van der Waals surface area contributed by atoms with Crippen LogP contribution in [0.25, 0.3) is 11.3 Å². The van der Waals surface area contributed by atoms with Crippen LogP contribution in [0.15, 0.2) is 60.8 Å². The van der Waals surface area contributed by atoms with Crippen LogP contribution < -0.4 is 15.4 Å². The second-order valence-corrected chi connectivity index (χ2v) is 9.99. The van der Waals surface area contributed by atoms with Gasteiger partial charge in [0.2, 0.25) is 5.91 Å². The summed E-state index contributed by atoms with van der Waals surface area (Å²) >= 11 is 0. The number of aryl methyl sites for hydroxylation is 1. The van der Waals surface area contributed by atoms with Crippen LogP contribution in [0.5, 0.6) is 5.75 Å². The molecule has 0 saturated heterocycles. The summed E-state index contributed by atoms with van der Waals surface area (Å²) in [4.78, 5) is 11.9. The molecular formula is C28H34N4O3. The van der Waals surface area contributed by atoms with E-state index in [0.717, 1.165) is 47.4 Å². The average Bonchev–Trinajstić information content (AvgIpc) is 3.27. The number of amides is 1. The Morgan fingerprint density at radius 1 is 1.23 bits per heavy atom. The van der Waals surface area contributed by atoms with E-state index in [9.17, 15) is 9.90 Å². The number of nitrogens with one attached hydrogen (secondary N) is 2. The van der Waals surface area contributed by atoms with Crippen molar-refractivity contribution in [3.63, 3.8) is 0 Å². The molecule has 7 nitrogen and oxygen atoms in total. The fraction of sp³-hybridized carbons (Fsp3) is 0.429. The van der Waals surface area contributed by atoms with Gasteiger partial charge in [-0.15, -0.1) is 0 Å². The molecule has 0 bridgehead atoms. The highest BCUT2D eigenvalue weighted by Gasteiger charge is 2.45. The van der Waals surface area contributed by atoms with Crippen LogP contribution in [-0.2, 0) is 18.3 Å². The summed E-state index contributed by atoms with van der Waals surface area (Å²) in [6, 6.07) is 17.9. The van der Waals surface area contributed by atoms with E-state index in [4.69, 9.17) is 4.74 Å². The van der Waals surface area contributed by atoms with Crippen LogP contribution >= 0.6 is 0 Å². The fourth-order valence-electron chi connectivity index (χ4n) is 5.28. The number of nitrogens with zero attached hydrogens (tertiary/aromatic N) is 2. The maximum atomic E-state index is 11.9. The van der Waals surface area contributed by atoms with Crippen molar-refractivity contribution in [1.82, 2.24) is 20.4 Å². The van der Waals surface area contributed by atoms with Gasteiger partial charge in [-0.3, -0.25) is 9.48 Å². The predicted octanol–water partition coefficient (Wildman–Crippen LogP) is 3.53. The molecule has 1 aromatic heterocycles. The molecule has 1 spiro atoms. The largest absolute Gasteiger partial charge is 0.487 e. The molecule has 2 aromatic carbocycles. The zero-order valence-electron chi connectivity index (χ0n) is 20.4. The van der Waals surface area contributed by atoms with Gasteiger partial charge in [0.25, 0.3) is 0 Å². The van der Waals surface area contributed by atoms with Crippen molar-refractivity contribution in [2.75, 3.05) is 6.54 Å². The van der Waals surface area contributed by atoms with E-state index in [1.807, 2.05) is 49.6 Å². The number of carbonyl (C=O) groups is 1. The van der Waals surface area contributed by atoms with Crippen molar-refractivity contribution in [2.45, 2.75) is 62.8 Å². The van der Waals surface area contributed by atoms with Crippen LogP contribution in [0.2, 0.25) is 0 Å². The predicted molar refractivity (Wildman–Crippen MR) is 135 cm³/mol. The van der Waals surface area contributed by atoms with E-state index >= 15 is 0 Å². The molecule has 1 aliphatic carbocycles. The Balaban J connectivity index is 1.35. The number of aliphatic hydroxyl groups is 1. The summed E-state index contributed by atoms with van der Waals surface area (Å²) in [5, 5.41) is 22.2. The van der Waals surface area contributed by atoms with Crippen molar-refractivity contribution >= 4 is 5.91 Å². The molecule has 0 radical (unpaired) electrons. The van der Waals surface area contributed by atoms with E-state index in [1.54, 1.807) is 4.68 Å². The number of carbonyl (C=O) groups excluding carboxylic acids is 1. The lowest BCUT2D eigenvalue weighted by molar-refractivity contribution is -0.120. The van der Waals surface area contributed by atoms with Gasteiger partial charge >= 0.3 is 0 Å². The Labute approximate surface area is 206 Å². The minimum absolute atomic E-state index is 0.0482. The molecule has 1 saturated carbocycles. The van der Waals surface area contributed by atoms with Crippen LogP contribution in [0.1, 0.15) is 49.8 Å².